The van der Waals surface area contributed by atoms with Gasteiger partial charge in [0.1, 0.15) is 11.4 Å². The lowest BCUT2D eigenvalue weighted by Gasteiger charge is -2.34. The van der Waals surface area contributed by atoms with Crippen LogP contribution in [0.1, 0.15) is 30.6 Å². The molecule has 0 bridgehead atoms. The molecule has 0 spiro atoms. The molecule has 2 aliphatic heterocycles. The summed E-state index contributed by atoms with van der Waals surface area (Å²) in [5.74, 6) is -1.71. The minimum Gasteiger partial charge on any atom is -0.336 e. The molecule has 0 radical (unpaired) electrons. The highest BCUT2D eigenvalue weighted by Gasteiger charge is 2.47. The highest BCUT2D eigenvalue weighted by atomic mass is 19.1. The summed E-state index contributed by atoms with van der Waals surface area (Å²) in [6.07, 6.45) is 0.408. The van der Waals surface area contributed by atoms with Gasteiger partial charge in [-0.05, 0) is 31.5 Å². The van der Waals surface area contributed by atoms with Gasteiger partial charge in [-0.3, -0.25) is 24.7 Å². The maximum atomic E-state index is 13.3. The Labute approximate surface area is 167 Å². The van der Waals surface area contributed by atoms with Crippen LogP contribution in [0.3, 0.4) is 0 Å². The Morgan fingerprint density at radius 2 is 1.90 bits per heavy atom. The van der Waals surface area contributed by atoms with E-state index in [1.165, 1.54) is 18.2 Å². The van der Waals surface area contributed by atoms with E-state index in [1.807, 2.05) is 4.90 Å². The van der Waals surface area contributed by atoms with Crippen molar-refractivity contribution in [3.8, 4) is 0 Å². The lowest BCUT2D eigenvalue weighted by atomic mass is 10.00. The maximum absolute atomic E-state index is 13.3. The summed E-state index contributed by atoms with van der Waals surface area (Å²) in [6, 6.07) is 4.88. The first-order valence-electron chi connectivity index (χ1n) is 9.47. The van der Waals surface area contributed by atoms with E-state index in [4.69, 9.17) is 0 Å². The van der Waals surface area contributed by atoms with Gasteiger partial charge in [-0.2, -0.15) is 5.01 Å². The Kier molecular flexibility index (Phi) is 5.83. The fourth-order valence-corrected chi connectivity index (χ4v) is 3.30. The molecule has 29 heavy (non-hydrogen) atoms. The van der Waals surface area contributed by atoms with E-state index in [0.717, 1.165) is 5.01 Å². The lowest BCUT2D eigenvalue weighted by Crippen LogP contribution is -2.54. The van der Waals surface area contributed by atoms with Crippen molar-refractivity contribution >= 4 is 23.8 Å². The van der Waals surface area contributed by atoms with Gasteiger partial charge in [-0.15, -0.1) is 0 Å². The van der Waals surface area contributed by atoms with E-state index in [1.54, 1.807) is 24.8 Å². The van der Waals surface area contributed by atoms with Gasteiger partial charge < -0.3 is 10.2 Å². The summed E-state index contributed by atoms with van der Waals surface area (Å²) in [6.45, 7) is 5.03. The Balaban J connectivity index is 1.49. The molecule has 2 aliphatic rings. The first kappa shape index (κ1) is 20.7. The molecule has 2 saturated heterocycles. The fraction of sp³-hybridized carbons (Fsp3) is 0.474. The summed E-state index contributed by atoms with van der Waals surface area (Å²) in [5, 5.41) is 3.28. The zero-order chi connectivity index (χ0) is 21.2. The summed E-state index contributed by atoms with van der Waals surface area (Å²) in [4.78, 5) is 52.4. The first-order chi connectivity index (χ1) is 13.7. The van der Waals surface area contributed by atoms with Crippen LogP contribution in [0.2, 0.25) is 0 Å². The standard InChI is InChI=1S/C19H24FN5O4/c1-3-19(2)17(28)25(18(29)21-19)22-15(26)12-23-7-9-24(10-8-23)16(27)13-5-4-6-14(20)11-13/h4-6,11H,3,7-10,12H2,1-2H3,(H,21,29)(H,22,26). The number of nitrogens with one attached hydrogen (secondary N) is 2. The Hall–Kier alpha value is -3.01. The predicted octanol–water partition coefficient (Wildman–Crippen LogP) is 0.335. The van der Waals surface area contributed by atoms with Crippen LogP contribution in [0.25, 0.3) is 0 Å². The van der Waals surface area contributed by atoms with Gasteiger partial charge in [0, 0.05) is 31.7 Å². The van der Waals surface area contributed by atoms with Crippen LogP contribution in [-0.4, -0.2) is 76.8 Å². The molecule has 3 rings (SSSR count). The van der Waals surface area contributed by atoms with E-state index in [-0.39, 0.29) is 18.0 Å². The summed E-state index contributed by atoms with van der Waals surface area (Å²) in [7, 11) is 0. The Bertz CT molecular complexity index is 840. The van der Waals surface area contributed by atoms with E-state index in [9.17, 15) is 23.6 Å². The first-order valence-corrected chi connectivity index (χ1v) is 9.47. The van der Waals surface area contributed by atoms with Crippen LogP contribution < -0.4 is 10.7 Å². The molecule has 9 nitrogen and oxygen atoms in total. The number of carbonyl (C=O) groups excluding carboxylic acids is 4. The zero-order valence-corrected chi connectivity index (χ0v) is 16.4. The third kappa shape index (κ3) is 4.37. The number of urea groups is 1. The SMILES string of the molecule is CCC1(C)NC(=O)N(NC(=O)CN2CCN(C(=O)c3cccc(F)c3)CC2)C1=O. The molecule has 2 fully saturated rings. The second kappa shape index (κ2) is 8.16. The molecule has 0 aliphatic carbocycles. The van der Waals surface area contributed by atoms with Gasteiger partial charge in [0.15, 0.2) is 0 Å². The molecule has 1 aromatic carbocycles. The van der Waals surface area contributed by atoms with Gasteiger partial charge in [0.05, 0.1) is 6.54 Å². The average Bonchev–Trinajstić information content (AvgIpc) is 2.91. The van der Waals surface area contributed by atoms with Gasteiger partial charge in [-0.1, -0.05) is 13.0 Å². The number of nitrogens with zero attached hydrogens (tertiary/aromatic N) is 3. The molecule has 5 amide bonds. The molecule has 10 heteroatoms. The number of halogens is 1. The summed E-state index contributed by atoms with van der Waals surface area (Å²) < 4.78 is 13.3. The number of piperazine rings is 1. The minimum atomic E-state index is -1.02. The highest BCUT2D eigenvalue weighted by Crippen LogP contribution is 2.19. The van der Waals surface area contributed by atoms with Crippen molar-refractivity contribution in [2.45, 2.75) is 25.8 Å². The van der Waals surface area contributed by atoms with E-state index < -0.39 is 29.2 Å². The smallest absolute Gasteiger partial charge is 0.336 e. The minimum absolute atomic E-state index is 0.0120. The number of hydrogen-bond acceptors (Lipinski definition) is 5. The van der Waals surface area contributed by atoms with Crippen LogP contribution in [0.5, 0.6) is 0 Å². The van der Waals surface area contributed by atoms with Crippen LogP contribution in [0, 0.1) is 5.82 Å². The number of rotatable bonds is 5. The van der Waals surface area contributed by atoms with Crippen molar-refractivity contribution < 1.29 is 23.6 Å². The van der Waals surface area contributed by atoms with Gasteiger partial charge >= 0.3 is 6.03 Å². The fourth-order valence-electron chi connectivity index (χ4n) is 3.30. The average molecular weight is 405 g/mol. The lowest BCUT2D eigenvalue weighted by molar-refractivity contribution is -0.139. The summed E-state index contributed by atoms with van der Waals surface area (Å²) >= 11 is 0. The van der Waals surface area contributed by atoms with Gasteiger partial charge in [0.25, 0.3) is 17.7 Å². The van der Waals surface area contributed by atoms with Gasteiger partial charge in [-0.25, -0.2) is 9.18 Å². The van der Waals surface area contributed by atoms with E-state index >= 15 is 0 Å². The monoisotopic (exact) mass is 405 g/mol. The van der Waals surface area contributed by atoms with Gasteiger partial charge in [0.2, 0.25) is 0 Å². The molecular weight excluding hydrogens is 381 g/mol. The van der Waals surface area contributed by atoms with Crippen molar-refractivity contribution in [2.75, 3.05) is 32.7 Å². The largest absolute Gasteiger partial charge is 0.344 e. The van der Waals surface area contributed by atoms with Crippen molar-refractivity contribution in [2.24, 2.45) is 0 Å². The molecule has 156 valence electrons. The molecule has 1 unspecified atom stereocenters. The van der Waals surface area contributed by atoms with Crippen LogP contribution >= 0.6 is 0 Å². The van der Waals surface area contributed by atoms with E-state index in [0.29, 0.717) is 32.6 Å². The van der Waals surface area contributed by atoms with Crippen LogP contribution in [0.4, 0.5) is 9.18 Å². The maximum Gasteiger partial charge on any atom is 0.344 e. The molecule has 1 atom stereocenters. The number of amides is 5. The quantitative estimate of drug-likeness (QED) is 0.688. The van der Waals surface area contributed by atoms with Crippen molar-refractivity contribution in [3.63, 3.8) is 0 Å². The number of carbonyl (C=O) groups is 4. The highest BCUT2D eigenvalue weighted by molar-refractivity contribution is 6.07. The van der Waals surface area contributed by atoms with Crippen molar-refractivity contribution in [1.29, 1.82) is 0 Å². The number of hydrogen-bond donors (Lipinski definition) is 2. The topological polar surface area (TPSA) is 102 Å². The van der Waals surface area contributed by atoms with Crippen LogP contribution in [0.15, 0.2) is 24.3 Å². The third-order valence-corrected chi connectivity index (χ3v) is 5.30. The molecule has 2 heterocycles. The number of benzene rings is 1. The zero-order valence-electron chi connectivity index (χ0n) is 16.4. The van der Waals surface area contributed by atoms with E-state index in [2.05, 4.69) is 10.7 Å². The Morgan fingerprint density at radius 1 is 1.21 bits per heavy atom. The second-order valence-corrected chi connectivity index (χ2v) is 7.37. The predicted molar refractivity (Wildman–Crippen MR) is 101 cm³/mol. The number of hydrazine groups is 1. The summed E-state index contributed by atoms with van der Waals surface area (Å²) in [5.41, 5.74) is 1.62. The Morgan fingerprint density at radius 3 is 2.48 bits per heavy atom. The molecule has 1 aromatic rings. The number of imide groups is 1. The van der Waals surface area contributed by atoms with Crippen molar-refractivity contribution in [1.82, 2.24) is 25.6 Å². The molecular formula is C19H24FN5O4. The second-order valence-electron chi connectivity index (χ2n) is 7.37. The van der Waals surface area contributed by atoms with Crippen LogP contribution in [-0.2, 0) is 9.59 Å². The van der Waals surface area contributed by atoms with Crippen molar-refractivity contribution in [3.05, 3.63) is 35.6 Å². The molecule has 0 saturated carbocycles. The molecule has 2 N–H and O–H groups in total. The third-order valence-electron chi connectivity index (χ3n) is 5.30. The normalized spacial score (nSPS) is 22.6. The molecule has 0 aromatic heterocycles.